The lowest BCUT2D eigenvalue weighted by molar-refractivity contribution is 0.252. The topological polar surface area (TPSA) is 35.8 Å². The fourth-order valence-electron chi connectivity index (χ4n) is 2.44. The van der Waals surface area contributed by atoms with Gasteiger partial charge in [-0.05, 0) is 25.0 Å². The molecule has 1 aromatic carbocycles. The Morgan fingerprint density at radius 3 is 2.74 bits per heavy atom. The SMILES string of the molecule is N#CC1CCCCC1Nc1ccccc1SC(F)F. The summed E-state index contributed by atoms with van der Waals surface area (Å²) < 4.78 is 25.0. The van der Waals surface area contributed by atoms with Gasteiger partial charge >= 0.3 is 0 Å². The Morgan fingerprint density at radius 2 is 2.00 bits per heavy atom. The molecule has 2 atom stereocenters. The Kier molecular flexibility index (Phi) is 5.03. The third-order valence-corrected chi connectivity index (χ3v) is 4.16. The maximum absolute atomic E-state index is 12.5. The van der Waals surface area contributed by atoms with Crippen molar-refractivity contribution < 1.29 is 8.78 Å². The Labute approximate surface area is 116 Å². The van der Waals surface area contributed by atoms with Crippen molar-refractivity contribution in [2.24, 2.45) is 5.92 Å². The summed E-state index contributed by atoms with van der Waals surface area (Å²) in [7, 11) is 0. The van der Waals surface area contributed by atoms with Gasteiger partial charge in [0.05, 0.1) is 12.0 Å². The Bertz CT molecular complexity index is 459. The molecule has 0 heterocycles. The van der Waals surface area contributed by atoms with Crippen LogP contribution < -0.4 is 5.32 Å². The molecule has 0 saturated heterocycles. The number of nitriles is 1. The summed E-state index contributed by atoms with van der Waals surface area (Å²) in [5.74, 6) is -2.46. The molecule has 102 valence electrons. The highest BCUT2D eigenvalue weighted by Gasteiger charge is 2.25. The van der Waals surface area contributed by atoms with E-state index in [1.54, 1.807) is 18.2 Å². The van der Waals surface area contributed by atoms with E-state index in [1.165, 1.54) is 0 Å². The van der Waals surface area contributed by atoms with Crippen LogP contribution in [0.2, 0.25) is 0 Å². The first-order valence-corrected chi connectivity index (χ1v) is 7.28. The van der Waals surface area contributed by atoms with E-state index in [2.05, 4.69) is 11.4 Å². The van der Waals surface area contributed by atoms with Crippen molar-refractivity contribution >= 4 is 17.4 Å². The average Bonchev–Trinajstić information content (AvgIpc) is 2.41. The standard InChI is InChI=1S/C14H16F2N2S/c15-14(16)19-13-8-4-3-7-12(13)18-11-6-2-1-5-10(11)9-17/h3-4,7-8,10-11,14,18H,1-2,5-6H2. The number of alkyl halides is 2. The van der Waals surface area contributed by atoms with Gasteiger partial charge in [0.2, 0.25) is 0 Å². The molecule has 1 aromatic rings. The fraction of sp³-hybridized carbons (Fsp3) is 0.500. The summed E-state index contributed by atoms with van der Waals surface area (Å²) >= 11 is 0.544. The second-order valence-electron chi connectivity index (χ2n) is 4.65. The molecule has 0 amide bonds. The number of hydrogen-bond donors (Lipinski definition) is 1. The molecule has 1 saturated carbocycles. The Hall–Kier alpha value is -1.28. The van der Waals surface area contributed by atoms with Crippen LogP contribution in [-0.2, 0) is 0 Å². The van der Waals surface area contributed by atoms with Crippen LogP contribution in [-0.4, -0.2) is 11.8 Å². The van der Waals surface area contributed by atoms with E-state index in [9.17, 15) is 8.78 Å². The lowest BCUT2D eigenvalue weighted by Gasteiger charge is -2.29. The highest BCUT2D eigenvalue weighted by Crippen LogP contribution is 2.34. The number of nitrogens with zero attached hydrogens (tertiary/aromatic N) is 1. The van der Waals surface area contributed by atoms with Gasteiger partial charge in [0, 0.05) is 16.6 Å². The van der Waals surface area contributed by atoms with E-state index in [0.29, 0.717) is 22.3 Å². The minimum Gasteiger partial charge on any atom is -0.380 e. The van der Waals surface area contributed by atoms with E-state index < -0.39 is 5.76 Å². The van der Waals surface area contributed by atoms with Crippen LogP contribution in [0.15, 0.2) is 29.2 Å². The van der Waals surface area contributed by atoms with E-state index in [-0.39, 0.29) is 12.0 Å². The molecule has 1 aliphatic carbocycles. The van der Waals surface area contributed by atoms with Crippen LogP contribution in [0.1, 0.15) is 25.7 Å². The van der Waals surface area contributed by atoms with Gasteiger partial charge in [-0.15, -0.1) is 0 Å². The number of thioether (sulfide) groups is 1. The monoisotopic (exact) mass is 282 g/mol. The molecule has 1 fully saturated rings. The zero-order chi connectivity index (χ0) is 13.7. The zero-order valence-corrected chi connectivity index (χ0v) is 11.3. The van der Waals surface area contributed by atoms with Crippen molar-refractivity contribution in [2.45, 2.75) is 42.4 Å². The van der Waals surface area contributed by atoms with Gasteiger partial charge in [0.1, 0.15) is 0 Å². The van der Waals surface area contributed by atoms with Gasteiger partial charge in [-0.1, -0.05) is 36.7 Å². The number of hydrogen-bond acceptors (Lipinski definition) is 3. The van der Waals surface area contributed by atoms with Gasteiger partial charge in [0.15, 0.2) is 0 Å². The molecule has 19 heavy (non-hydrogen) atoms. The lowest BCUT2D eigenvalue weighted by atomic mass is 9.85. The maximum atomic E-state index is 12.5. The quantitative estimate of drug-likeness (QED) is 0.826. The van der Waals surface area contributed by atoms with Crippen molar-refractivity contribution in [3.05, 3.63) is 24.3 Å². The first-order chi connectivity index (χ1) is 9.20. The molecular formula is C14H16F2N2S. The summed E-state index contributed by atoms with van der Waals surface area (Å²) in [6.07, 6.45) is 3.97. The highest BCUT2D eigenvalue weighted by molar-refractivity contribution is 7.99. The Morgan fingerprint density at radius 1 is 1.26 bits per heavy atom. The number of anilines is 1. The van der Waals surface area contributed by atoms with E-state index in [4.69, 9.17) is 5.26 Å². The van der Waals surface area contributed by atoms with Gasteiger partial charge in [-0.2, -0.15) is 14.0 Å². The second-order valence-corrected chi connectivity index (χ2v) is 5.68. The highest BCUT2D eigenvalue weighted by atomic mass is 32.2. The molecule has 2 rings (SSSR count). The summed E-state index contributed by atoms with van der Waals surface area (Å²) in [5.41, 5.74) is 0.708. The Balaban J connectivity index is 2.11. The molecule has 1 aliphatic rings. The third kappa shape index (κ3) is 3.84. The average molecular weight is 282 g/mol. The summed E-state index contributed by atoms with van der Waals surface area (Å²) in [4.78, 5) is 0.541. The fourth-order valence-corrected chi connectivity index (χ4v) is 3.05. The summed E-state index contributed by atoms with van der Waals surface area (Å²) in [6.45, 7) is 0. The second kappa shape index (κ2) is 6.76. The third-order valence-electron chi connectivity index (χ3n) is 3.38. The van der Waals surface area contributed by atoms with Crippen LogP contribution in [0.25, 0.3) is 0 Å². The normalized spacial score (nSPS) is 23.1. The molecule has 0 radical (unpaired) electrons. The first-order valence-electron chi connectivity index (χ1n) is 6.40. The maximum Gasteiger partial charge on any atom is 0.288 e. The van der Waals surface area contributed by atoms with E-state index in [1.807, 2.05) is 6.07 Å². The molecule has 0 aromatic heterocycles. The van der Waals surface area contributed by atoms with Crippen LogP contribution in [0.5, 0.6) is 0 Å². The van der Waals surface area contributed by atoms with Gasteiger partial charge < -0.3 is 5.32 Å². The van der Waals surface area contributed by atoms with Gasteiger partial charge in [0.25, 0.3) is 5.76 Å². The smallest absolute Gasteiger partial charge is 0.288 e. The summed E-state index contributed by atoms with van der Waals surface area (Å²) in [6, 6.07) is 9.44. The van der Waals surface area contributed by atoms with Crippen LogP contribution in [0, 0.1) is 17.2 Å². The zero-order valence-electron chi connectivity index (χ0n) is 10.5. The molecule has 0 spiro atoms. The number of para-hydroxylation sites is 1. The largest absolute Gasteiger partial charge is 0.380 e. The molecule has 0 aliphatic heterocycles. The van der Waals surface area contributed by atoms with Crippen molar-refractivity contribution in [3.8, 4) is 6.07 Å². The number of halogens is 2. The first kappa shape index (κ1) is 14.1. The molecule has 0 bridgehead atoms. The minimum absolute atomic E-state index is 0.0293. The van der Waals surface area contributed by atoms with Gasteiger partial charge in [-0.25, -0.2) is 0 Å². The number of nitrogens with one attached hydrogen (secondary N) is 1. The van der Waals surface area contributed by atoms with Crippen LogP contribution in [0.3, 0.4) is 0 Å². The van der Waals surface area contributed by atoms with E-state index >= 15 is 0 Å². The van der Waals surface area contributed by atoms with Crippen molar-refractivity contribution in [3.63, 3.8) is 0 Å². The molecule has 5 heteroatoms. The minimum atomic E-state index is -2.43. The predicted molar refractivity (Wildman–Crippen MR) is 73.3 cm³/mol. The predicted octanol–water partition coefficient (Wildman–Crippen LogP) is 4.50. The van der Waals surface area contributed by atoms with Crippen LogP contribution in [0.4, 0.5) is 14.5 Å². The number of rotatable bonds is 4. The summed E-state index contributed by atoms with van der Waals surface area (Å²) in [5, 5.41) is 12.4. The van der Waals surface area contributed by atoms with Crippen LogP contribution >= 0.6 is 11.8 Å². The van der Waals surface area contributed by atoms with Crippen molar-refractivity contribution in [1.82, 2.24) is 0 Å². The molecular weight excluding hydrogens is 266 g/mol. The molecule has 1 N–H and O–H groups in total. The van der Waals surface area contributed by atoms with Gasteiger partial charge in [-0.3, -0.25) is 0 Å². The van der Waals surface area contributed by atoms with Crippen molar-refractivity contribution in [2.75, 3.05) is 5.32 Å². The lowest BCUT2D eigenvalue weighted by Crippen LogP contribution is -2.31. The molecule has 2 unspecified atom stereocenters. The van der Waals surface area contributed by atoms with Crippen molar-refractivity contribution in [1.29, 1.82) is 5.26 Å². The number of benzene rings is 1. The van der Waals surface area contributed by atoms with E-state index in [0.717, 1.165) is 25.7 Å². The molecule has 2 nitrogen and oxygen atoms in total.